The van der Waals surface area contributed by atoms with Gasteiger partial charge >= 0.3 is 0 Å². The van der Waals surface area contributed by atoms with E-state index in [2.05, 4.69) is 28.2 Å². The largest absolute Gasteiger partial charge is 0.353 e. The highest BCUT2D eigenvalue weighted by molar-refractivity contribution is 9.10. The number of carbonyl (C=O) groups excluding carboxylic acids is 2. The Morgan fingerprint density at radius 2 is 2.32 bits per heavy atom. The van der Waals surface area contributed by atoms with Crippen LogP contribution in [0, 0.1) is 0 Å². The van der Waals surface area contributed by atoms with Gasteiger partial charge in [0.15, 0.2) is 0 Å². The zero-order valence-corrected chi connectivity index (χ0v) is 12.7. The van der Waals surface area contributed by atoms with Gasteiger partial charge in [0.05, 0.1) is 0 Å². The molecule has 1 fully saturated rings. The molecule has 0 bridgehead atoms. The van der Waals surface area contributed by atoms with Gasteiger partial charge in [-0.25, -0.2) is 0 Å². The van der Waals surface area contributed by atoms with E-state index in [1.807, 2.05) is 16.8 Å². The van der Waals surface area contributed by atoms with E-state index in [4.69, 9.17) is 0 Å². The lowest BCUT2D eigenvalue weighted by Gasteiger charge is -2.33. The van der Waals surface area contributed by atoms with Gasteiger partial charge in [-0.1, -0.05) is 6.92 Å². The first-order chi connectivity index (χ1) is 9.04. The molecule has 2 amide bonds. The predicted molar refractivity (Wildman–Crippen MR) is 75.9 cm³/mol. The fourth-order valence-corrected chi connectivity index (χ4v) is 2.75. The van der Waals surface area contributed by atoms with Crippen molar-refractivity contribution in [3.05, 3.63) is 22.4 Å². The van der Waals surface area contributed by atoms with Crippen molar-refractivity contribution in [1.82, 2.24) is 14.8 Å². The summed E-state index contributed by atoms with van der Waals surface area (Å²) < 4.78 is 2.82. The molecule has 1 N–H and O–H groups in total. The lowest BCUT2D eigenvalue weighted by Crippen LogP contribution is -2.56. The van der Waals surface area contributed by atoms with Crippen molar-refractivity contribution in [1.29, 1.82) is 0 Å². The molecule has 1 aromatic heterocycles. The van der Waals surface area contributed by atoms with Crippen LogP contribution in [0.2, 0.25) is 0 Å². The van der Waals surface area contributed by atoms with Crippen molar-refractivity contribution >= 4 is 27.7 Å². The number of aryl methyl sites for hydroxylation is 1. The summed E-state index contributed by atoms with van der Waals surface area (Å²) in [6.45, 7) is 5.69. The van der Waals surface area contributed by atoms with Crippen molar-refractivity contribution in [3.63, 3.8) is 0 Å². The van der Waals surface area contributed by atoms with Crippen LogP contribution in [-0.4, -0.2) is 40.4 Å². The van der Waals surface area contributed by atoms with Crippen molar-refractivity contribution in [2.24, 2.45) is 0 Å². The second-order valence-electron chi connectivity index (χ2n) is 4.70. The van der Waals surface area contributed by atoms with Gasteiger partial charge in [0, 0.05) is 30.3 Å². The van der Waals surface area contributed by atoms with Crippen molar-refractivity contribution < 1.29 is 9.59 Å². The Bertz CT molecular complexity index is 498. The maximum absolute atomic E-state index is 12.6. The zero-order valence-electron chi connectivity index (χ0n) is 11.1. The molecule has 0 aromatic carbocycles. The van der Waals surface area contributed by atoms with Crippen LogP contribution in [-0.2, 0) is 11.3 Å². The highest BCUT2D eigenvalue weighted by Gasteiger charge is 2.31. The highest BCUT2D eigenvalue weighted by atomic mass is 79.9. The third-order valence-corrected chi connectivity index (χ3v) is 3.74. The number of rotatable bonds is 3. The van der Waals surface area contributed by atoms with E-state index in [1.165, 1.54) is 0 Å². The molecule has 0 aliphatic carbocycles. The fraction of sp³-hybridized carbons (Fsp3) is 0.538. The Morgan fingerprint density at radius 1 is 1.58 bits per heavy atom. The second kappa shape index (κ2) is 5.77. The quantitative estimate of drug-likeness (QED) is 0.917. The van der Waals surface area contributed by atoms with Gasteiger partial charge in [-0.3, -0.25) is 9.59 Å². The molecule has 104 valence electrons. The molecule has 19 heavy (non-hydrogen) atoms. The molecule has 0 saturated carbocycles. The number of aromatic nitrogens is 1. The molecule has 1 saturated heterocycles. The van der Waals surface area contributed by atoms with E-state index in [1.54, 1.807) is 11.8 Å². The smallest absolute Gasteiger partial charge is 0.271 e. The molecule has 1 atom stereocenters. The minimum absolute atomic E-state index is 0.0819. The third kappa shape index (κ3) is 2.83. The molecule has 0 radical (unpaired) electrons. The Kier molecular flexibility index (Phi) is 4.29. The number of nitrogens with one attached hydrogen (secondary N) is 1. The average molecular weight is 328 g/mol. The number of carbonyl (C=O) groups is 2. The summed E-state index contributed by atoms with van der Waals surface area (Å²) in [7, 11) is 0. The molecular formula is C13H18BrN3O2. The van der Waals surface area contributed by atoms with Crippen molar-refractivity contribution in [3.8, 4) is 0 Å². The van der Waals surface area contributed by atoms with E-state index >= 15 is 0 Å². The number of hydrogen-bond acceptors (Lipinski definition) is 2. The second-order valence-corrected chi connectivity index (χ2v) is 5.62. The molecule has 1 aliphatic heterocycles. The molecule has 2 rings (SSSR count). The maximum atomic E-state index is 12.6. The van der Waals surface area contributed by atoms with Gasteiger partial charge in [-0.15, -0.1) is 0 Å². The average Bonchev–Trinajstić information content (AvgIpc) is 2.73. The van der Waals surface area contributed by atoms with Gasteiger partial charge in [0.1, 0.15) is 11.7 Å². The van der Waals surface area contributed by atoms with Gasteiger partial charge < -0.3 is 14.8 Å². The Hall–Kier alpha value is -1.30. The van der Waals surface area contributed by atoms with E-state index in [0.717, 1.165) is 17.4 Å². The van der Waals surface area contributed by atoms with Crippen LogP contribution in [0.1, 0.15) is 30.8 Å². The lowest BCUT2D eigenvalue weighted by atomic mass is 10.2. The minimum atomic E-state index is -0.412. The summed E-state index contributed by atoms with van der Waals surface area (Å²) >= 11 is 3.40. The Morgan fingerprint density at radius 3 is 3.00 bits per heavy atom. The number of hydrogen-bond donors (Lipinski definition) is 1. The van der Waals surface area contributed by atoms with Crippen LogP contribution in [0.25, 0.3) is 0 Å². The SMILES string of the molecule is CCCn1cc(Br)cc1C(=O)N1CCNC(=O)C1C. The summed E-state index contributed by atoms with van der Waals surface area (Å²) in [4.78, 5) is 25.8. The summed E-state index contributed by atoms with van der Waals surface area (Å²) in [6.07, 6.45) is 2.86. The van der Waals surface area contributed by atoms with Crippen LogP contribution in [0.15, 0.2) is 16.7 Å². The molecule has 1 unspecified atom stereocenters. The van der Waals surface area contributed by atoms with E-state index in [-0.39, 0.29) is 11.8 Å². The molecule has 6 heteroatoms. The van der Waals surface area contributed by atoms with Gasteiger partial charge in [0.2, 0.25) is 5.91 Å². The van der Waals surface area contributed by atoms with Crippen molar-refractivity contribution in [2.45, 2.75) is 32.9 Å². The lowest BCUT2D eigenvalue weighted by molar-refractivity contribution is -0.127. The first-order valence-electron chi connectivity index (χ1n) is 6.49. The molecule has 1 aromatic rings. The van der Waals surface area contributed by atoms with Crippen LogP contribution < -0.4 is 5.32 Å². The number of piperazine rings is 1. The highest BCUT2D eigenvalue weighted by Crippen LogP contribution is 2.19. The minimum Gasteiger partial charge on any atom is -0.353 e. The van der Waals surface area contributed by atoms with Crippen LogP contribution in [0.3, 0.4) is 0 Å². The van der Waals surface area contributed by atoms with E-state index in [9.17, 15) is 9.59 Å². The first kappa shape index (κ1) is 14.1. The fourth-order valence-electron chi connectivity index (χ4n) is 2.29. The summed E-state index contributed by atoms with van der Waals surface area (Å²) in [5.41, 5.74) is 0.635. The summed E-state index contributed by atoms with van der Waals surface area (Å²) in [6, 6.07) is 1.40. The summed E-state index contributed by atoms with van der Waals surface area (Å²) in [5, 5.41) is 2.76. The van der Waals surface area contributed by atoms with Gasteiger partial charge in [-0.2, -0.15) is 0 Å². The predicted octanol–water partition coefficient (Wildman–Crippen LogP) is 1.62. The monoisotopic (exact) mass is 327 g/mol. The molecule has 0 spiro atoms. The zero-order chi connectivity index (χ0) is 14.0. The van der Waals surface area contributed by atoms with Gasteiger partial charge in [0.25, 0.3) is 5.91 Å². The van der Waals surface area contributed by atoms with Crippen LogP contribution in [0.4, 0.5) is 0 Å². The van der Waals surface area contributed by atoms with Crippen LogP contribution >= 0.6 is 15.9 Å². The van der Waals surface area contributed by atoms with Gasteiger partial charge in [-0.05, 0) is 35.3 Å². The van der Waals surface area contributed by atoms with Crippen molar-refractivity contribution in [2.75, 3.05) is 13.1 Å². The topological polar surface area (TPSA) is 54.3 Å². The molecule has 5 nitrogen and oxygen atoms in total. The number of halogens is 1. The Balaban J connectivity index is 2.25. The summed E-state index contributed by atoms with van der Waals surface area (Å²) in [5.74, 6) is -0.172. The number of nitrogens with zero attached hydrogens (tertiary/aromatic N) is 2. The molecule has 2 heterocycles. The third-order valence-electron chi connectivity index (χ3n) is 3.31. The van der Waals surface area contributed by atoms with E-state index < -0.39 is 6.04 Å². The standard InChI is InChI=1S/C13H18BrN3O2/c1-3-5-16-8-10(14)7-11(16)13(19)17-6-4-15-12(18)9(17)2/h7-9H,3-6H2,1-2H3,(H,15,18). The Labute approximate surface area is 121 Å². The van der Waals surface area contributed by atoms with Crippen LogP contribution in [0.5, 0.6) is 0 Å². The van der Waals surface area contributed by atoms with E-state index in [0.29, 0.717) is 18.8 Å². The maximum Gasteiger partial charge on any atom is 0.271 e. The number of amides is 2. The normalized spacial score (nSPS) is 19.4. The molecule has 1 aliphatic rings. The first-order valence-corrected chi connectivity index (χ1v) is 7.28. The molecular weight excluding hydrogens is 310 g/mol.